The fourth-order valence-corrected chi connectivity index (χ4v) is 0.718. The molecule has 0 aliphatic carbocycles. The summed E-state index contributed by atoms with van der Waals surface area (Å²) in [5, 5.41) is 11.2. The summed E-state index contributed by atoms with van der Waals surface area (Å²) < 4.78 is 11.7. The van der Waals surface area contributed by atoms with Crippen molar-refractivity contribution in [2.24, 2.45) is 0 Å². The maximum absolute atomic E-state index is 11.7. The third-order valence-electron chi connectivity index (χ3n) is 1.22. The smallest absolute Gasteiger partial charge is 0.147 e. The van der Waals surface area contributed by atoms with Gasteiger partial charge in [0.25, 0.3) is 0 Å². The molecule has 0 fully saturated rings. The van der Waals surface area contributed by atoms with E-state index < -0.39 is 6.67 Å². The Bertz CT molecular complexity index is 294. The second-order valence-corrected chi connectivity index (χ2v) is 2.01. The Hall–Kier alpha value is -1.70. The van der Waals surface area contributed by atoms with Gasteiger partial charge in [-0.25, -0.2) is 14.4 Å². The third kappa shape index (κ3) is 1.89. The van der Waals surface area contributed by atoms with E-state index in [9.17, 15) is 4.39 Å². The van der Waals surface area contributed by atoms with Gasteiger partial charge in [-0.05, 0) is 0 Å². The number of hydrogen-bond acceptors (Lipinski definition) is 4. The van der Waals surface area contributed by atoms with Gasteiger partial charge in [-0.15, -0.1) is 0 Å². The summed E-state index contributed by atoms with van der Waals surface area (Å²) >= 11 is 0. The molecule has 0 amide bonds. The van der Waals surface area contributed by atoms with Crippen molar-refractivity contribution in [1.29, 1.82) is 5.26 Å². The van der Waals surface area contributed by atoms with Gasteiger partial charge in [0.05, 0.1) is 6.20 Å². The molecule has 0 unspecified atom stereocenters. The van der Waals surface area contributed by atoms with Crippen molar-refractivity contribution in [1.82, 2.24) is 9.97 Å². The Morgan fingerprint density at radius 2 is 2.50 bits per heavy atom. The molecule has 4 nitrogen and oxygen atoms in total. The van der Waals surface area contributed by atoms with Crippen molar-refractivity contribution in [2.45, 2.75) is 0 Å². The molecule has 1 rings (SSSR count). The second kappa shape index (κ2) is 4.23. The maximum atomic E-state index is 11.7. The lowest BCUT2D eigenvalue weighted by Gasteiger charge is -2.02. The first-order chi connectivity index (χ1) is 5.88. The molecule has 12 heavy (non-hydrogen) atoms. The number of nitrogens with zero attached hydrogens (tertiary/aromatic N) is 3. The van der Waals surface area contributed by atoms with E-state index in [4.69, 9.17) is 5.26 Å². The van der Waals surface area contributed by atoms with Crippen LogP contribution in [-0.2, 0) is 0 Å². The van der Waals surface area contributed by atoms with E-state index in [0.717, 1.165) is 0 Å². The summed E-state index contributed by atoms with van der Waals surface area (Å²) in [6.07, 6.45) is 2.69. The van der Waals surface area contributed by atoms with Crippen molar-refractivity contribution in [3.05, 3.63) is 18.1 Å². The van der Waals surface area contributed by atoms with E-state index in [0.29, 0.717) is 11.4 Å². The van der Waals surface area contributed by atoms with Crippen LogP contribution in [0.3, 0.4) is 0 Å². The van der Waals surface area contributed by atoms with Gasteiger partial charge in [-0.1, -0.05) is 0 Å². The molecule has 62 valence electrons. The van der Waals surface area contributed by atoms with Crippen LogP contribution in [-0.4, -0.2) is 23.2 Å². The summed E-state index contributed by atoms with van der Waals surface area (Å²) in [5.74, 6) is 0.380. The monoisotopic (exact) mass is 166 g/mol. The van der Waals surface area contributed by atoms with Gasteiger partial charge in [0.1, 0.15) is 30.5 Å². The zero-order valence-corrected chi connectivity index (χ0v) is 6.29. The van der Waals surface area contributed by atoms with Crippen LogP contribution in [0.5, 0.6) is 0 Å². The molecule has 0 saturated carbocycles. The van der Waals surface area contributed by atoms with E-state index in [1.165, 1.54) is 12.5 Å². The van der Waals surface area contributed by atoms with Gasteiger partial charge in [0.2, 0.25) is 0 Å². The Kier molecular flexibility index (Phi) is 2.96. The number of nitriles is 1. The van der Waals surface area contributed by atoms with E-state index in [2.05, 4.69) is 15.3 Å². The van der Waals surface area contributed by atoms with Crippen LogP contribution in [0.4, 0.5) is 10.2 Å². The first-order valence-corrected chi connectivity index (χ1v) is 3.38. The van der Waals surface area contributed by atoms with Gasteiger partial charge in [0, 0.05) is 6.54 Å². The first kappa shape index (κ1) is 8.40. The first-order valence-electron chi connectivity index (χ1n) is 3.38. The summed E-state index contributed by atoms with van der Waals surface area (Å²) in [6, 6.07) is 1.89. The molecule has 0 aliphatic heterocycles. The quantitative estimate of drug-likeness (QED) is 0.719. The van der Waals surface area contributed by atoms with Crippen LogP contribution in [0.15, 0.2) is 12.5 Å². The van der Waals surface area contributed by atoms with Crippen LogP contribution < -0.4 is 5.32 Å². The molecule has 0 saturated heterocycles. The lowest BCUT2D eigenvalue weighted by Crippen LogP contribution is -2.06. The Labute approximate surface area is 69.1 Å². The van der Waals surface area contributed by atoms with Crippen LogP contribution in [0, 0.1) is 11.3 Å². The van der Waals surface area contributed by atoms with Crippen molar-refractivity contribution in [2.75, 3.05) is 18.5 Å². The molecule has 0 radical (unpaired) electrons. The number of rotatable bonds is 3. The second-order valence-electron chi connectivity index (χ2n) is 2.01. The highest BCUT2D eigenvalue weighted by atomic mass is 19.1. The summed E-state index contributed by atoms with van der Waals surface area (Å²) in [6.45, 7) is -0.333. The van der Waals surface area contributed by atoms with E-state index >= 15 is 0 Å². The zero-order chi connectivity index (χ0) is 8.81. The van der Waals surface area contributed by atoms with Crippen LogP contribution in [0.1, 0.15) is 5.56 Å². The van der Waals surface area contributed by atoms with Gasteiger partial charge >= 0.3 is 0 Å². The minimum atomic E-state index is -0.491. The fourth-order valence-electron chi connectivity index (χ4n) is 0.718. The van der Waals surface area contributed by atoms with E-state index in [1.807, 2.05) is 6.07 Å². The number of nitrogens with one attached hydrogen (secondary N) is 1. The summed E-state index contributed by atoms with van der Waals surface area (Å²) in [5.41, 5.74) is 0.325. The normalized spacial score (nSPS) is 9.00. The molecular weight excluding hydrogens is 159 g/mol. The molecule has 5 heteroatoms. The lowest BCUT2D eigenvalue weighted by atomic mass is 10.3. The summed E-state index contributed by atoms with van der Waals surface area (Å²) in [7, 11) is 0. The minimum Gasteiger partial charge on any atom is -0.366 e. The Balaban J connectivity index is 2.77. The highest BCUT2D eigenvalue weighted by Crippen LogP contribution is 2.06. The predicted octanol–water partition coefficient (Wildman–Crippen LogP) is 0.730. The Morgan fingerprint density at radius 3 is 3.17 bits per heavy atom. The van der Waals surface area contributed by atoms with Crippen molar-refractivity contribution >= 4 is 5.82 Å². The van der Waals surface area contributed by atoms with Crippen LogP contribution in [0.25, 0.3) is 0 Å². The number of aromatic nitrogens is 2. The van der Waals surface area contributed by atoms with Crippen LogP contribution >= 0.6 is 0 Å². The third-order valence-corrected chi connectivity index (χ3v) is 1.22. The number of hydrogen-bond donors (Lipinski definition) is 1. The number of anilines is 1. The van der Waals surface area contributed by atoms with Crippen molar-refractivity contribution in [3.8, 4) is 6.07 Å². The molecule has 0 spiro atoms. The van der Waals surface area contributed by atoms with Gasteiger partial charge in [0.15, 0.2) is 0 Å². The Morgan fingerprint density at radius 1 is 1.67 bits per heavy atom. The van der Waals surface area contributed by atoms with Crippen LogP contribution in [0.2, 0.25) is 0 Å². The van der Waals surface area contributed by atoms with Crippen molar-refractivity contribution < 1.29 is 4.39 Å². The average Bonchev–Trinajstić information content (AvgIpc) is 2.15. The van der Waals surface area contributed by atoms with Gasteiger partial charge in [-0.2, -0.15) is 5.26 Å². The SMILES string of the molecule is N#Cc1cncnc1NCCF. The molecule has 0 aromatic carbocycles. The lowest BCUT2D eigenvalue weighted by molar-refractivity contribution is 0.512. The largest absolute Gasteiger partial charge is 0.366 e. The average molecular weight is 166 g/mol. The number of alkyl halides is 1. The summed E-state index contributed by atoms with van der Waals surface area (Å²) in [4.78, 5) is 7.43. The zero-order valence-electron chi connectivity index (χ0n) is 6.29. The molecule has 1 N–H and O–H groups in total. The molecular formula is C7H7FN4. The standard InChI is InChI=1S/C7H7FN4/c8-1-2-11-7-6(3-9)4-10-5-12-7/h4-5H,1-2H2,(H,10,11,12). The molecule has 1 aromatic rings. The van der Waals surface area contributed by atoms with Crippen molar-refractivity contribution in [3.63, 3.8) is 0 Å². The number of halogens is 1. The molecule has 0 bridgehead atoms. The molecule has 1 heterocycles. The topological polar surface area (TPSA) is 61.6 Å². The van der Waals surface area contributed by atoms with Gasteiger partial charge < -0.3 is 5.32 Å². The fraction of sp³-hybridized carbons (Fsp3) is 0.286. The highest BCUT2D eigenvalue weighted by molar-refractivity contribution is 5.49. The molecule has 1 aromatic heterocycles. The van der Waals surface area contributed by atoms with E-state index in [-0.39, 0.29) is 6.54 Å². The van der Waals surface area contributed by atoms with E-state index in [1.54, 1.807) is 0 Å². The van der Waals surface area contributed by atoms with Gasteiger partial charge in [-0.3, -0.25) is 0 Å². The molecule has 0 atom stereocenters. The minimum absolute atomic E-state index is 0.158. The highest BCUT2D eigenvalue weighted by Gasteiger charge is 2.00. The predicted molar refractivity (Wildman–Crippen MR) is 41.2 cm³/mol. The maximum Gasteiger partial charge on any atom is 0.147 e. The molecule has 0 aliphatic rings.